The number of nitrogens with zero attached hydrogens (tertiary/aromatic N) is 4. The van der Waals surface area contributed by atoms with Crippen LogP contribution in [0.4, 0.5) is 5.82 Å². The Balaban J connectivity index is 1.83. The molecule has 1 aliphatic carbocycles. The second-order valence-electron chi connectivity index (χ2n) is 8.31. The van der Waals surface area contributed by atoms with Gasteiger partial charge in [-0.3, -0.25) is 0 Å². The molecule has 0 unspecified atom stereocenters. The Kier molecular flexibility index (Phi) is 2.78. The Labute approximate surface area is 132 Å². The fourth-order valence-corrected chi connectivity index (χ4v) is 4.98. The van der Waals surface area contributed by atoms with Crippen molar-refractivity contribution in [1.82, 2.24) is 15.0 Å². The van der Waals surface area contributed by atoms with Crippen molar-refractivity contribution in [3.63, 3.8) is 0 Å². The Morgan fingerprint density at radius 3 is 2.82 bits per heavy atom. The molecule has 1 saturated carbocycles. The van der Waals surface area contributed by atoms with Gasteiger partial charge in [0.15, 0.2) is 5.65 Å². The molecule has 4 rings (SSSR count). The highest BCUT2D eigenvalue weighted by Gasteiger charge is 2.50. The standard InChI is InChI=1S/C18H24N4/c1-12-20-15-14(6-5-7-19-15)16(21-12)22-11-18(4)9-13(22)8-17(2,3)10-18/h5-7,13H,8-11H2,1-4H3/t13-,18-/m1/s1. The number of anilines is 1. The lowest BCUT2D eigenvalue weighted by Gasteiger charge is -2.39. The van der Waals surface area contributed by atoms with Gasteiger partial charge in [-0.25, -0.2) is 15.0 Å². The van der Waals surface area contributed by atoms with E-state index in [1.165, 1.54) is 19.3 Å². The van der Waals surface area contributed by atoms with Crippen LogP contribution in [-0.4, -0.2) is 27.5 Å². The summed E-state index contributed by atoms with van der Waals surface area (Å²) in [4.78, 5) is 16.3. The average Bonchev–Trinajstić information content (AvgIpc) is 2.67. The second kappa shape index (κ2) is 4.40. The monoisotopic (exact) mass is 296 g/mol. The van der Waals surface area contributed by atoms with E-state index in [9.17, 15) is 0 Å². The SMILES string of the molecule is Cc1nc(N2C[C@]3(C)C[C@H]2CC(C)(C)C3)c2cccnc2n1. The molecule has 2 aromatic rings. The van der Waals surface area contributed by atoms with Crippen LogP contribution in [0.5, 0.6) is 0 Å². The van der Waals surface area contributed by atoms with Crippen LogP contribution in [0.25, 0.3) is 11.0 Å². The molecule has 2 bridgehead atoms. The van der Waals surface area contributed by atoms with Crippen molar-refractivity contribution in [2.45, 2.75) is 53.0 Å². The molecule has 116 valence electrons. The summed E-state index contributed by atoms with van der Waals surface area (Å²) in [6.45, 7) is 10.3. The molecule has 0 amide bonds. The fraction of sp³-hybridized carbons (Fsp3) is 0.611. The zero-order valence-electron chi connectivity index (χ0n) is 13.9. The van der Waals surface area contributed by atoms with Crippen LogP contribution in [-0.2, 0) is 0 Å². The Morgan fingerprint density at radius 2 is 2.00 bits per heavy atom. The minimum absolute atomic E-state index is 0.403. The number of aromatic nitrogens is 3. The lowest BCUT2D eigenvalue weighted by molar-refractivity contribution is 0.136. The van der Waals surface area contributed by atoms with Gasteiger partial charge >= 0.3 is 0 Å². The highest BCUT2D eigenvalue weighted by Crippen LogP contribution is 2.53. The van der Waals surface area contributed by atoms with Crippen LogP contribution in [0.2, 0.25) is 0 Å². The minimum atomic E-state index is 0.403. The van der Waals surface area contributed by atoms with E-state index in [-0.39, 0.29) is 0 Å². The van der Waals surface area contributed by atoms with E-state index in [4.69, 9.17) is 4.98 Å². The summed E-state index contributed by atoms with van der Waals surface area (Å²) in [6.07, 6.45) is 5.63. The molecule has 22 heavy (non-hydrogen) atoms. The molecule has 2 fully saturated rings. The molecule has 3 heterocycles. The molecular formula is C18H24N4. The first-order valence-electron chi connectivity index (χ1n) is 8.21. The summed E-state index contributed by atoms with van der Waals surface area (Å²) in [5.41, 5.74) is 1.64. The van der Waals surface area contributed by atoms with Crippen LogP contribution in [0.3, 0.4) is 0 Å². The third-order valence-electron chi connectivity index (χ3n) is 5.25. The molecule has 0 N–H and O–H groups in total. The summed E-state index contributed by atoms with van der Waals surface area (Å²) >= 11 is 0. The first kappa shape index (κ1) is 13.9. The fourth-order valence-electron chi connectivity index (χ4n) is 4.98. The van der Waals surface area contributed by atoms with Crippen LogP contribution in [0.15, 0.2) is 18.3 Å². The lowest BCUT2D eigenvalue weighted by Crippen LogP contribution is -2.35. The lowest BCUT2D eigenvalue weighted by atomic mass is 9.65. The molecule has 1 saturated heterocycles. The summed E-state index contributed by atoms with van der Waals surface area (Å²) in [7, 11) is 0. The molecular weight excluding hydrogens is 272 g/mol. The van der Waals surface area contributed by atoms with Crippen molar-refractivity contribution in [2.24, 2.45) is 10.8 Å². The van der Waals surface area contributed by atoms with Gasteiger partial charge in [0.1, 0.15) is 11.6 Å². The highest BCUT2D eigenvalue weighted by molar-refractivity contribution is 5.87. The number of hydrogen-bond acceptors (Lipinski definition) is 4. The maximum atomic E-state index is 4.80. The quantitative estimate of drug-likeness (QED) is 0.804. The van der Waals surface area contributed by atoms with E-state index >= 15 is 0 Å². The predicted octanol–water partition coefficient (Wildman–Crippen LogP) is 3.74. The van der Waals surface area contributed by atoms with Gasteiger partial charge in [-0.15, -0.1) is 0 Å². The van der Waals surface area contributed by atoms with Gasteiger partial charge < -0.3 is 4.90 Å². The van der Waals surface area contributed by atoms with Gasteiger partial charge in [0, 0.05) is 18.8 Å². The van der Waals surface area contributed by atoms with Crippen molar-refractivity contribution >= 4 is 16.9 Å². The zero-order chi connectivity index (χ0) is 15.5. The van der Waals surface area contributed by atoms with E-state index in [1.54, 1.807) is 0 Å². The molecule has 2 aromatic heterocycles. The Bertz CT molecular complexity index is 739. The average molecular weight is 296 g/mol. The van der Waals surface area contributed by atoms with Crippen molar-refractivity contribution in [1.29, 1.82) is 0 Å². The van der Waals surface area contributed by atoms with Crippen molar-refractivity contribution < 1.29 is 0 Å². The number of fused-ring (bicyclic) bond motifs is 3. The molecule has 2 aliphatic rings. The van der Waals surface area contributed by atoms with Gasteiger partial charge in [-0.05, 0) is 49.1 Å². The normalized spacial score (nSPS) is 30.0. The molecule has 0 aromatic carbocycles. The summed E-state index contributed by atoms with van der Waals surface area (Å²) < 4.78 is 0. The van der Waals surface area contributed by atoms with E-state index in [1.807, 2.05) is 19.2 Å². The van der Waals surface area contributed by atoms with Crippen LogP contribution in [0.1, 0.15) is 45.9 Å². The zero-order valence-corrected chi connectivity index (χ0v) is 13.9. The Hall–Kier alpha value is -1.71. The topological polar surface area (TPSA) is 41.9 Å². The molecule has 2 atom stereocenters. The Morgan fingerprint density at radius 1 is 1.18 bits per heavy atom. The van der Waals surface area contributed by atoms with Gasteiger partial charge in [-0.2, -0.15) is 0 Å². The van der Waals surface area contributed by atoms with Gasteiger partial charge in [0.25, 0.3) is 0 Å². The van der Waals surface area contributed by atoms with Crippen LogP contribution in [0, 0.1) is 17.8 Å². The second-order valence-corrected chi connectivity index (χ2v) is 8.31. The van der Waals surface area contributed by atoms with Gasteiger partial charge in [-0.1, -0.05) is 20.8 Å². The highest BCUT2D eigenvalue weighted by atomic mass is 15.3. The van der Waals surface area contributed by atoms with Crippen molar-refractivity contribution in [3.8, 4) is 0 Å². The number of aryl methyl sites for hydroxylation is 1. The van der Waals surface area contributed by atoms with Crippen molar-refractivity contribution in [3.05, 3.63) is 24.2 Å². The maximum absolute atomic E-state index is 4.80. The molecule has 0 spiro atoms. The molecule has 1 aliphatic heterocycles. The smallest absolute Gasteiger partial charge is 0.164 e. The molecule has 0 radical (unpaired) electrons. The summed E-state index contributed by atoms with van der Waals surface area (Å²) in [6, 6.07) is 4.68. The summed E-state index contributed by atoms with van der Waals surface area (Å²) in [5.74, 6) is 1.90. The van der Waals surface area contributed by atoms with Crippen LogP contribution >= 0.6 is 0 Å². The first-order valence-corrected chi connectivity index (χ1v) is 8.21. The first-order chi connectivity index (χ1) is 10.4. The number of pyridine rings is 1. The van der Waals surface area contributed by atoms with E-state index < -0.39 is 0 Å². The largest absolute Gasteiger partial charge is 0.352 e. The van der Waals surface area contributed by atoms with Crippen LogP contribution < -0.4 is 4.90 Å². The molecule has 4 nitrogen and oxygen atoms in total. The third-order valence-corrected chi connectivity index (χ3v) is 5.25. The predicted molar refractivity (Wildman–Crippen MR) is 88.9 cm³/mol. The minimum Gasteiger partial charge on any atom is -0.352 e. The van der Waals surface area contributed by atoms with Crippen molar-refractivity contribution in [2.75, 3.05) is 11.4 Å². The van der Waals surface area contributed by atoms with E-state index in [0.717, 1.165) is 29.2 Å². The summed E-state index contributed by atoms with van der Waals surface area (Å²) in [5, 5.41) is 1.09. The maximum Gasteiger partial charge on any atom is 0.164 e. The van der Waals surface area contributed by atoms with E-state index in [2.05, 4.69) is 41.7 Å². The van der Waals surface area contributed by atoms with Gasteiger partial charge in [0.2, 0.25) is 0 Å². The molecule has 4 heteroatoms. The number of rotatable bonds is 1. The third kappa shape index (κ3) is 2.16. The van der Waals surface area contributed by atoms with E-state index in [0.29, 0.717) is 16.9 Å². The van der Waals surface area contributed by atoms with Gasteiger partial charge in [0.05, 0.1) is 5.39 Å². The number of hydrogen-bond donors (Lipinski definition) is 0.